The second-order valence-corrected chi connectivity index (χ2v) is 6.57. The molecule has 4 rings (SSSR count). The first-order chi connectivity index (χ1) is 10.6. The number of aliphatic hydroxyl groups is 1. The average Bonchev–Trinajstić information content (AvgIpc) is 2.62. The largest absolute Gasteiger partial charge is 0.384 e. The number of hydrogen-bond acceptors (Lipinski definition) is 3. The van der Waals surface area contributed by atoms with Crippen molar-refractivity contribution in [2.75, 3.05) is 31.6 Å². The van der Waals surface area contributed by atoms with Gasteiger partial charge in [0.25, 0.3) is 0 Å². The zero-order valence-electron chi connectivity index (χ0n) is 13.2. The lowest BCUT2D eigenvalue weighted by molar-refractivity contribution is 0.220. The fourth-order valence-electron chi connectivity index (χ4n) is 3.84. The third-order valence-corrected chi connectivity index (χ3v) is 5.02. The second-order valence-electron chi connectivity index (χ2n) is 6.57. The zero-order valence-corrected chi connectivity index (χ0v) is 13.2. The van der Waals surface area contributed by atoms with Gasteiger partial charge in [0.1, 0.15) is 6.10 Å². The highest BCUT2D eigenvalue weighted by Crippen LogP contribution is 2.43. The Hall–Kier alpha value is -1.84. The molecule has 2 atom stereocenters. The number of hydrogen-bond donors (Lipinski definition) is 1. The molecule has 2 aliphatic rings. The van der Waals surface area contributed by atoms with Crippen LogP contribution in [0.2, 0.25) is 0 Å². The van der Waals surface area contributed by atoms with E-state index in [-0.39, 0.29) is 0 Å². The number of aliphatic hydroxyl groups excluding tert-OH is 1. The monoisotopic (exact) mass is 294 g/mol. The van der Waals surface area contributed by atoms with Gasteiger partial charge in [-0.15, -0.1) is 0 Å². The Kier molecular flexibility index (Phi) is 3.21. The topological polar surface area (TPSA) is 26.7 Å². The van der Waals surface area contributed by atoms with Crippen LogP contribution in [0.3, 0.4) is 0 Å². The minimum Gasteiger partial charge on any atom is -0.384 e. The van der Waals surface area contributed by atoms with Gasteiger partial charge in [-0.1, -0.05) is 36.4 Å². The molecule has 114 valence electrons. The van der Waals surface area contributed by atoms with E-state index in [1.807, 2.05) is 6.07 Å². The number of fused-ring (bicyclic) bond motifs is 5. The quantitative estimate of drug-likeness (QED) is 0.809. The SMILES string of the molecule is Cc1ccc2c(c1)N1CCN(C)CC1c1ccccc1C2O. The Balaban J connectivity index is 1.96. The summed E-state index contributed by atoms with van der Waals surface area (Å²) in [5, 5.41) is 11.0. The maximum Gasteiger partial charge on any atom is 0.106 e. The molecule has 0 aromatic heterocycles. The summed E-state index contributed by atoms with van der Waals surface area (Å²) in [7, 11) is 2.18. The Bertz CT molecular complexity index is 712. The van der Waals surface area contributed by atoms with E-state index in [1.165, 1.54) is 16.8 Å². The van der Waals surface area contributed by atoms with Crippen LogP contribution in [-0.4, -0.2) is 36.7 Å². The van der Waals surface area contributed by atoms with Crippen molar-refractivity contribution in [3.8, 4) is 0 Å². The summed E-state index contributed by atoms with van der Waals surface area (Å²) in [4.78, 5) is 4.86. The molecule has 0 spiro atoms. The molecule has 2 heterocycles. The highest BCUT2D eigenvalue weighted by atomic mass is 16.3. The molecule has 1 fully saturated rings. The van der Waals surface area contributed by atoms with Gasteiger partial charge in [0, 0.05) is 30.9 Å². The molecule has 1 saturated heterocycles. The first-order valence-corrected chi connectivity index (χ1v) is 7.98. The highest BCUT2D eigenvalue weighted by Gasteiger charge is 2.35. The molecular formula is C19H22N2O. The van der Waals surface area contributed by atoms with Crippen molar-refractivity contribution in [2.45, 2.75) is 19.1 Å². The van der Waals surface area contributed by atoms with Gasteiger partial charge in [-0.05, 0) is 36.7 Å². The highest BCUT2D eigenvalue weighted by molar-refractivity contribution is 5.63. The molecule has 3 nitrogen and oxygen atoms in total. The van der Waals surface area contributed by atoms with Crippen LogP contribution < -0.4 is 4.90 Å². The molecule has 2 unspecified atom stereocenters. The van der Waals surface area contributed by atoms with Crippen molar-refractivity contribution >= 4 is 5.69 Å². The van der Waals surface area contributed by atoms with E-state index >= 15 is 0 Å². The van der Waals surface area contributed by atoms with E-state index in [2.05, 4.69) is 60.2 Å². The third-order valence-electron chi connectivity index (χ3n) is 5.02. The van der Waals surface area contributed by atoms with E-state index < -0.39 is 6.10 Å². The second kappa shape index (κ2) is 5.11. The normalized spacial score (nSPS) is 24.2. The molecule has 0 aliphatic carbocycles. The molecule has 3 heteroatoms. The van der Waals surface area contributed by atoms with Gasteiger partial charge in [0.05, 0.1) is 6.04 Å². The molecule has 2 aromatic carbocycles. The minimum atomic E-state index is -0.539. The standard InChI is InChI=1S/C19H22N2O/c1-13-7-8-16-17(11-13)21-10-9-20(2)12-18(21)14-5-3-4-6-15(14)19(16)22/h3-8,11,18-19,22H,9-10,12H2,1-2H3. The summed E-state index contributed by atoms with van der Waals surface area (Å²) in [5.74, 6) is 0. The average molecular weight is 294 g/mol. The van der Waals surface area contributed by atoms with Crippen LogP contribution in [0, 0.1) is 6.92 Å². The molecule has 2 aliphatic heterocycles. The Morgan fingerprint density at radius 3 is 2.59 bits per heavy atom. The lowest BCUT2D eigenvalue weighted by Gasteiger charge is -2.41. The Morgan fingerprint density at radius 1 is 1.00 bits per heavy atom. The van der Waals surface area contributed by atoms with Crippen LogP contribution >= 0.6 is 0 Å². The minimum absolute atomic E-state index is 0.313. The number of aryl methyl sites for hydroxylation is 1. The number of likely N-dealkylation sites (N-methyl/N-ethyl adjacent to an activating group) is 1. The van der Waals surface area contributed by atoms with Crippen molar-refractivity contribution in [1.82, 2.24) is 4.90 Å². The number of piperazine rings is 1. The van der Waals surface area contributed by atoms with Crippen LogP contribution in [0.15, 0.2) is 42.5 Å². The third kappa shape index (κ3) is 2.04. The summed E-state index contributed by atoms with van der Waals surface area (Å²) in [6, 6.07) is 15.1. The number of rotatable bonds is 0. The van der Waals surface area contributed by atoms with Gasteiger partial charge < -0.3 is 14.9 Å². The lowest BCUT2D eigenvalue weighted by atomic mass is 9.94. The summed E-state index contributed by atoms with van der Waals surface area (Å²) in [5.41, 5.74) is 5.78. The molecule has 22 heavy (non-hydrogen) atoms. The van der Waals surface area contributed by atoms with Gasteiger partial charge in [0.2, 0.25) is 0 Å². The van der Waals surface area contributed by atoms with Crippen molar-refractivity contribution < 1.29 is 5.11 Å². The van der Waals surface area contributed by atoms with E-state index in [0.29, 0.717) is 6.04 Å². The first kappa shape index (κ1) is 13.8. The van der Waals surface area contributed by atoms with Crippen LogP contribution in [0.4, 0.5) is 5.69 Å². The fourth-order valence-corrected chi connectivity index (χ4v) is 3.84. The number of nitrogens with zero attached hydrogens (tertiary/aromatic N) is 2. The summed E-state index contributed by atoms with van der Waals surface area (Å²) >= 11 is 0. The number of benzene rings is 2. The van der Waals surface area contributed by atoms with Gasteiger partial charge in [-0.2, -0.15) is 0 Å². The fraction of sp³-hybridized carbons (Fsp3) is 0.368. The van der Waals surface area contributed by atoms with Gasteiger partial charge >= 0.3 is 0 Å². The molecular weight excluding hydrogens is 272 g/mol. The summed E-state index contributed by atoms with van der Waals surface area (Å²) in [6.45, 7) is 5.17. The number of anilines is 1. The zero-order chi connectivity index (χ0) is 15.3. The molecule has 0 amide bonds. The Labute approximate surface area is 131 Å². The van der Waals surface area contributed by atoms with Crippen LogP contribution in [0.1, 0.15) is 34.4 Å². The van der Waals surface area contributed by atoms with E-state index in [9.17, 15) is 5.11 Å². The van der Waals surface area contributed by atoms with E-state index in [1.54, 1.807) is 0 Å². The van der Waals surface area contributed by atoms with Gasteiger partial charge in [0.15, 0.2) is 0 Å². The van der Waals surface area contributed by atoms with Crippen molar-refractivity contribution in [1.29, 1.82) is 0 Å². The molecule has 1 N–H and O–H groups in total. The van der Waals surface area contributed by atoms with Gasteiger partial charge in [-0.25, -0.2) is 0 Å². The van der Waals surface area contributed by atoms with E-state index in [4.69, 9.17) is 0 Å². The maximum atomic E-state index is 11.0. The molecule has 2 aromatic rings. The molecule has 0 radical (unpaired) electrons. The summed E-state index contributed by atoms with van der Waals surface area (Å²) in [6.07, 6.45) is -0.539. The predicted octanol–water partition coefficient (Wildman–Crippen LogP) is 2.88. The Morgan fingerprint density at radius 2 is 1.77 bits per heavy atom. The lowest BCUT2D eigenvalue weighted by Crippen LogP contribution is -2.46. The van der Waals surface area contributed by atoms with Crippen molar-refractivity contribution in [2.24, 2.45) is 0 Å². The first-order valence-electron chi connectivity index (χ1n) is 7.98. The summed E-state index contributed by atoms with van der Waals surface area (Å²) < 4.78 is 0. The van der Waals surface area contributed by atoms with E-state index in [0.717, 1.165) is 30.8 Å². The van der Waals surface area contributed by atoms with Crippen molar-refractivity contribution in [3.05, 3.63) is 64.7 Å². The maximum absolute atomic E-state index is 11.0. The smallest absolute Gasteiger partial charge is 0.106 e. The molecule has 0 saturated carbocycles. The van der Waals surface area contributed by atoms with Gasteiger partial charge in [-0.3, -0.25) is 0 Å². The van der Waals surface area contributed by atoms with Crippen LogP contribution in [0.5, 0.6) is 0 Å². The van der Waals surface area contributed by atoms with Crippen molar-refractivity contribution in [3.63, 3.8) is 0 Å². The molecule has 0 bridgehead atoms. The predicted molar refractivity (Wildman–Crippen MR) is 89.3 cm³/mol. The van der Waals surface area contributed by atoms with Crippen LogP contribution in [-0.2, 0) is 0 Å². The van der Waals surface area contributed by atoms with Crippen LogP contribution in [0.25, 0.3) is 0 Å².